The molecule has 154 valence electrons. The van der Waals surface area contributed by atoms with Gasteiger partial charge in [-0.05, 0) is 48.5 Å². The van der Waals surface area contributed by atoms with E-state index in [9.17, 15) is 13.6 Å². The molecule has 3 N–H and O–H groups in total. The van der Waals surface area contributed by atoms with E-state index in [-0.39, 0.29) is 33.3 Å². The van der Waals surface area contributed by atoms with Crippen molar-refractivity contribution in [3.8, 4) is 5.75 Å². The summed E-state index contributed by atoms with van der Waals surface area (Å²) in [7, 11) is 0. The molecule has 0 saturated carbocycles. The zero-order valence-corrected chi connectivity index (χ0v) is 15.9. The van der Waals surface area contributed by atoms with Crippen LogP contribution in [0.25, 0.3) is 0 Å². The molecule has 0 spiro atoms. The number of amides is 1. The average Bonchev–Trinajstić information content (AvgIpc) is 3.26. The van der Waals surface area contributed by atoms with E-state index in [0.717, 1.165) is 12.1 Å². The van der Waals surface area contributed by atoms with Crippen LogP contribution in [0.3, 0.4) is 0 Å². The van der Waals surface area contributed by atoms with E-state index < -0.39 is 30.4 Å². The van der Waals surface area contributed by atoms with Crippen LogP contribution in [0.15, 0.2) is 59.2 Å². The van der Waals surface area contributed by atoms with Crippen molar-refractivity contribution in [2.45, 2.75) is 0 Å². The molecule has 1 amide bonds. The van der Waals surface area contributed by atoms with Crippen molar-refractivity contribution in [2.75, 3.05) is 12.2 Å². The Hall–Kier alpha value is -3.72. The second kappa shape index (κ2) is 9.19. The van der Waals surface area contributed by atoms with Crippen LogP contribution in [-0.4, -0.2) is 24.6 Å². The molecule has 0 aliphatic rings. The second-order valence-electron chi connectivity index (χ2n) is 5.78. The van der Waals surface area contributed by atoms with Crippen LogP contribution < -0.4 is 10.1 Å². The number of furan rings is 1. The van der Waals surface area contributed by atoms with Crippen LogP contribution in [0.4, 0.5) is 14.5 Å². The number of nitrogens with one attached hydrogen (secondary N) is 3. The summed E-state index contributed by atoms with van der Waals surface area (Å²) in [5, 5.41) is 18.3. The molecule has 10 heteroatoms. The quantitative estimate of drug-likeness (QED) is 0.375. The lowest BCUT2D eigenvalue weighted by atomic mass is 10.1. The monoisotopic (exact) mass is 433 g/mol. The van der Waals surface area contributed by atoms with E-state index in [0.29, 0.717) is 0 Å². The van der Waals surface area contributed by atoms with Crippen LogP contribution in [0.2, 0.25) is 5.02 Å². The first-order valence-electron chi connectivity index (χ1n) is 8.37. The maximum atomic E-state index is 14.2. The lowest BCUT2D eigenvalue weighted by molar-refractivity contribution is 0.101. The molecule has 2 aromatic carbocycles. The Morgan fingerprint density at radius 2 is 1.93 bits per heavy atom. The van der Waals surface area contributed by atoms with Crippen LogP contribution >= 0.6 is 11.6 Å². The first kappa shape index (κ1) is 21.0. The third-order valence-electron chi connectivity index (χ3n) is 3.82. The number of hydrogen-bond acceptors (Lipinski definition) is 6. The van der Waals surface area contributed by atoms with Gasteiger partial charge in [0.1, 0.15) is 11.6 Å². The van der Waals surface area contributed by atoms with Crippen molar-refractivity contribution < 1.29 is 27.5 Å². The number of hydrogen-bond donors (Lipinski definition) is 3. The third kappa shape index (κ3) is 4.81. The summed E-state index contributed by atoms with van der Waals surface area (Å²) in [6.07, 6.45) is 1.35. The summed E-state index contributed by atoms with van der Waals surface area (Å²) in [6, 6.07) is 10.4. The molecule has 3 rings (SSSR count). The molecule has 0 saturated heterocycles. The third-order valence-corrected chi connectivity index (χ3v) is 4.06. The van der Waals surface area contributed by atoms with Crippen molar-refractivity contribution in [2.24, 2.45) is 0 Å². The van der Waals surface area contributed by atoms with Gasteiger partial charge in [-0.25, -0.2) is 8.78 Å². The largest absolute Gasteiger partial charge is 0.462 e. The molecule has 0 radical (unpaired) electrons. The Kier molecular flexibility index (Phi) is 6.43. The van der Waals surface area contributed by atoms with E-state index in [1.54, 1.807) is 6.07 Å². The average molecular weight is 434 g/mol. The van der Waals surface area contributed by atoms with E-state index in [1.165, 1.54) is 36.6 Å². The van der Waals surface area contributed by atoms with Crippen molar-refractivity contribution in [3.05, 3.63) is 82.5 Å². The Labute approximate surface area is 174 Å². The second-order valence-corrected chi connectivity index (χ2v) is 6.22. The first-order valence-corrected chi connectivity index (χ1v) is 8.75. The Bertz CT molecular complexity index is 1100. The molecule has 0 unspecified atom stereocenters. The molecular formula is C20H14ClF2N3O4. The lowest BCUT2D eigenvalue weighted by Crippen LogP contribution is -2.16. The fraction of sp³-hybridized carbons (Fsp3) is 0.0500. The minimum Gasteiger partial charge on any atom is -0.462 e. The fourth-order valence-electron chi connectivity index (χ4n) is 2.44. The molecular weight excluding hydrogens is 420 g/mol. The van der Waals surface area contributed by atoms with Gasteiger partial charge in [0.15, 0.2) is 5.76 Å². The van der Waals surface area contributed by atoms with Crippen LogP contribution in [0.5, 0.6) is 5.75 Å². The summed E-state index contributed by atoms with van der Waals surface area (Å²) < 4.78 is 41.6. The van der Waals surface area contributed by atoms with Gasteiger partial charge in [0.2, 0.25) is 12.8 Å². The van der Waals surface area contributed by atoms with Gasteiger partial charge in [-0.3, -0.25) is 15.6 Å². The van der Waals surface area contributed by atoms with Gasteiger partial charge < -0.3 is 19.2 Å². The van der Waals surface area contributed by atoms with Gasteiger partial charge in [0.25, 0.3) is 11.8 Å². The number of halogens is 3. The zero-order chi connectivity index (χ0) is 21.7. The number of carbonyl (C=O) groups excluding carboxylic acids is 1. The normalized spacial score (nSPS) is 10.4. The number of alkyl halides is 1. The van der Waals surface area contributed by atoms with Crippen molar-refractivity contribution in [1.29, 1.82) is 10.8 Å². The van der Waals surface area contributed by atoms with E-state index in [4.69, 9.17) is 36.3 Å². The highest BCUT2D eigenvalue weighted by atomic mass is 35.5. The Morgan fingerprint density at radius 3 is 2.63 bits per heavy atom. The smallest absolute Gasteiger partial charge is 0.259 e. The number of benzene rings is 2. The van der Waals surface area contributed by atoms with Crippen LogP contribution in [0.1, 0.15) is 21.7 Å². The standard InChI is InChI=1S/C20H14ClF2N3O4/c21-12-4-6-16(29-10-22)13(9-12)20(27)26-15-8-11(3-5-14(15)23)18(24)30-19(25)17-2-1-7-28-17/h1-9,24-25H,10H2,(H,26,27). The van der Waals surface area contributed by atoms with Crippen LogP contribution in [-0.2, 0) is 4.74 Å². The molecule has 0 atom stereocenters. The van der Waals surface area contributed by atoms with E-state index in [2.05, 4.69) is 5.32 Å². The van der Waals surface area contributed by atoms with E-state index in [1.807, 2.05) is 0 Å². The van der Waals surface area contributed by atoms with Gasteiger partial charge >= 0.3 is 0 Å². The Balaban J connectivity index is 1.80. The molecule has 30 heavy (non-hydrogen) atoms. The number of rotatable bonds is 6. The van der Waals surface area contributed by atoms with Crippen LogP contribution in [0, 0.1) is 16.6 Å². The van der Waals surface area contributed by atoms with Gasteiger partial charge in [-0.2, -0.15) is 0 Å². The van der Waals surface area contributed by atoms with Crippen molar-refractivity contribution in [3.63, 3.8) is 0 Å². The van der Waals surface area contributed by atoms with Gasteiger partial charge in [-0.15, -0.1) is 0 Å². The molecule has 0 fully saturated rings. The molecule has 1 heterocycles. The highest BCUT2D eigenvalue weighted by Gasteiger charge is 2.18. The minimum absolute atomic E-state index is 0.0704. The molecule has 7 nitrogen and oxygen atoms in total. The summed E-state index contributed by atoms with van der Waals surface area (Å²) >= 11 is 5.88. The van der Waals surface area contributed by atoms with Gasteiger partial charge in [0.05, 0.1) is 17.5 Å². The topological polar surface area (TPSA) is 108 Å². The molecule has 3 aromatic rings. The number of carbonyl (C=O) groups is 1. The zero-order valence-electron chi connectivity index (χ0n) is 15.2. The Morgan fingerprint density at radius 1 is 1.13 bits per heavy atom. The molecule has 0 bridgehead atoms. The van der Waals surface area contributed by atoms with Gasteiger partial charge in [0, 0.05) is 10.6 Å². The molecule has 1 aromatic heterocycles. The predicted octanol–water partition coefficient (Wildman–Crippen LogP) is 5.00. The lowest BCUT2D eigenvalue weighted by Gasteiger charge is -2.12. The SMILES string of the molecule is N=C(OC(=N)c1ccco1)c1ccc(F)c(NC(=O)c2cc(Cl)ccc2OCF)c1. The molecule has 0 aliphatic heterocycles. The first-order chi connectivity index (χ1) is 14.4. The highest BCUT2D eigenvalue weighted by molar-refractivity contribution is 6.31. The maximum absolute atomic E-state index is 14.2. The highest BCUT2D eigenvalue weighted by Crippen LogP contribution is 2.25. The van der Waals surface area contributed by atoms with Crippen molar-refractivity contribution in [1.82, 2.24) is 0 Å². The summed E-state index contributed by atoms with van der Waals surface area (Å²) in [6.45, 7) is -1.16. The van der Waals surface area contributed by atoms with Crippen molar-refractivity contribution >= 4 is 35.0 Å². The summed E-state index contributed by atoms with van der Waals surface area (Å²) in [5.41, 5.74) is -0.272. The minimum atomic E-state index is -1.16. The maximum Gasteiger partial charge on any atom is 0.259 e. The predicted molar refractivity (Wildman–Crippen MR) is 106 cm³/mol. The van der Waals surface area contributed by atoms with E-state index >= 15 is 0 Å². The van der Waals surface area contributed by atoms with Gasteiger partial charge in [-0.1, -0.05) is 11.6 Å². The fourth-order valence-corrected chi connectivity index (χ4v) is 2.61. The number of anilines is 1. The molecule has 0 aliphatic carbocycles. The summed E-state index contributed by atoms with van der Waals surface area (Å²) in [5.74, 6) is -2.41. The number of ether oxygens (including phenoxy) is 2. The summed E-state index contributed by atoms with van der Waals surface area (Å²) in [4.78, 5) is 12.6.